The van der Waals surface area contributed by atoms with Crippen LogP contribution in [-0.2, 0) is 18.9 Å². The molecule has 3 fully saturated rings. The molecule has 0 aromatic carbocycles. The van der Waals surface area contributed by atoms with Crippen molar-refractivity contribution in [2.24, 2.45) is 17.3 Å². The summed E-state index contributed by atoms with van der Waals surface area (Å²) in [6.07, 6.45) is -8.84. The molecule has 2 heterocycles. The fraction of sp³-hybridized carbons (Fsp3) is 0.920. The van der Waals surface area contributed by atoms with Gasteiger partial charge in [-0.1, -0.05) is 32.9 Å². The number of rotatable bonds is 7. The van der Waals surface area contributed by atoms with Crippen LogP contribution in [-0.4, -0.2) is 116 Å². The zero-order chi connectivity index (χ0) is 26.9. The molecule has 36 heavy (non-hydrogen) atoms. The SMILES string of the molecule is C[C@H](/C=C/[C@H]1[C@H](C)C[C@H](O)CC1(C)C)O[C@@H]1O[C@H](CO[C@@H]2O[C@@H](C)[C@H](O)[C@@H](O)[C@H]2O)[C@@H](O)[C@H](O)[C@H]1O. The Kier molecular flexibility index (Phi) is 9.95. The minimum absolute atomic E-state index is 0.0935. The molecule has 0 spiro atoms. The van der Waals surface area contributed by atoms with Gasteiger partial charge < -0.3 is 54.7 Å². The molecule has 0 aromatic heterocycles. The summed E-state index contributed by atoms with van der Waals surface area (Å²) in [5, 5.41) is 71.2. The molecule has 0 bridgehead atoms. The summed E-state index contributed by atoms with van der Waals surface area (Å²) >= 11 is 0. The molecule has 1 saturated carbocycles. The first-order valence-corrected chi connectivity index (χ1v) is 12.8. The van der Waals surface area contributed by atoms with Crippen molar-refractivity contribution in [1.29, 1.82) is 0 Å². The van der Waals surface area contributed by atoms with Crippen molar-refractivity contribution in [3.05, 3.63) is 12.2 Å². The van der Waals surface area contributed by atoms with E-state index >= 15 is 0 Å². The smallest absolute Gasteiger partial charge is 0.187 e. The van der Waals surface area contributed by atoms with Crippen molar-refractivity contribution in [3.8, 4) is 0 Å². The van der Waals surface area contributed by atoms with E-state index in [1.165, 1.54) is 6.92 Å². The molecule has 3 rings (SSSR count). The monoisotopic (exact) mass is 520 g/mol. The van der Waals surface area contributed by atoms with E-state index in [9.17, 15) is 35.7 Å². The molecular formula is C25H44O11. The third-order valence-electron chi connectivity index (χ3n) is 7.76. The van der Waals surface area contributed by atoms with E-state index in [0.717, 1.165) is 6.42 Å². The molecule has 2 saturated heterocycles. The van der Waals surface area contributed by atoms with Gasteiger partial charge in [-0.3, -0.25) is 0 Å². The number of ether oxygens (including phenoxy) is 4. The van der Waals surface area contributed by atoms with Gasteiger partial charge >= 0.3 is 0 Å². The Balaban J connectivity index is 1.59. The highest BCUT2D eigenvalue weighted by Crippen LogP contribution is 2.44. The van der Waals surface area contributed by atoms with Crippen LogP contribution in [0.15, 0.2) is 12.2 Å². The highest BCUT2D eigenvalue weighted by Gasteiger charge is 2.47. The van der Waals surface area contributed by atoms with Gasteiger partial charge in [-0.25, -0.2) is 0 Å². The molecule has 1 aliphatic carbocycles. The topological polar surface area (TPSA) is 179 Å². The quantitative estimate of drug-likeness (QED) is 0.205. The molecule has 11 nitrogen and oxygen atoms in total. The first-order valence-electron chi connectivity index (χ1n) is 12.8. The predicted molar refractivity (Wildman–Crippen MR) is 126 cm³/mol. The Morgan fingerprint density at radius 3 is 2.11 bits per heavy atom. The Morgan fingerprint density at radius 1 is 0.861 bits per heavy atom. The number of hydrogen-bond acceptors (Lipinski definition) is 11. The second kappa shape index (κ2) is 12.0. The van der Waals surface area contributed by atoms with Gasteiger partial charge in [0.05, 0.1) is 24.9 Å². The van der Waals surface area contributed by atoms with E-state index in [2.05, 4.69) is 26.8 Å². The minimum Gasteiger partial charge on any atom is -0.393 e. The first-order chi connectivity index (χ1) is 16.7. The number of allylic oxidation sites excluding steroid dienone is 1. The maximum Gasteiger partial charge on any atom is 0.187 e. The maximum absolute atomic E-state index is 10.4. The average molecular weight is 521 g/mol. The second-order valence-corrected chi connectivity index (χ2v) is 11.3. The first kappa shape index (κ1) is 29.9. The van der Waals surface area contributed by atoms with Crippen LogP contribution in [0.3, 0.4) is 0 Å². The lowest BCUT2D eigenvalue weighted by atomic mass is 9.63. The molecule has 0 radical (unpaired) electrons. The summed E-state index contributed by atoms with van der Waals surface area (Å²) in [6.45, 7) is 9.28. The minimum atomic E-state index is -1.57. The highest BCUT2D eigenvalue weighted by atomic mass is 16.7. The van der Waals surface area contributed by atoms with Crippen LogP contribution in [0.5, 0.6) is 0 Å². The van der Waals surface area contributed by atoms with Crippen molar-refractivity contribution in [2.45, 2.75) is 121 Å². The van der Waals surface area contributed by atoms with Gasteiger partial charge in [0.15, 0.2) is 12.6 Å². The Hall–Kier alpha value is -0.700. The van der Waals surface area contributed by atoms with Crippen LogP contribution in [0, 0.1) is 17.3 Å². The van der Waals surface area contributed by atoms with Gasteiger partial charge in [0, 0.05) is 0 Å². The molecule has 0 aromatic rings. The molecule has 7 N–H and O–H groups in total. The molecule has 2 aliphatic heterocycles. The van der Waals surface area contributed by atoms with Crippen LogP contribution >= 0.6 is 0 Å². The van der Waals surface area contributed by atoms with E-state index in [-0.39, 0.29) is 30.0 Å². The van der Waals surface area contributed by atoms with Crippen molar-refractivity contribution < 1.29 is 54.7 Å². The summed E-state index contributed by atoms with van der Waals surface area (Å²) in [7, 11) is 0. The van der Waals surface area contributed by atoms with Crippen LogP contribution in [0.2, 0.25) is 0 Å². The number of hydrogen-bond donors (Lipinski definition) is 7. The third-order valence-corrected chi connectivity index (χ3v) is 7.76. The molecule has 0 amide bonds. The van der Waals surface area contributed by atoms with E-state index in [1.807, 2.05) is 6.08 Å². The zero-order valence-electron chi connectivity index (χ0n) is 21.6. The van der Waals surface area contributed by atoms with Gasteiger partial charge in [0.2, 0.25) is 0 Å². The Bertz CT molecular complexity index is 733. The predicted octanol–water partition coefficient (Wildman–Crippen LogP) is -0.967. The summed E-state index contributed by atoms with van der Waals surface area (Å²) in [5.41, 5.74) is -0.0935. The van der Waals surface area contributed by atoms with Crippen molar-refractivity contribution in [1.82, 2.24) is 0 Å². The zero-order valence-corrected chi connectivity index (χ0v) is 21.6. The average Bonchev–Trinajstić information content (AvgIpc) is 2.78. The summed E-state index contributed by atoms with van der Waals surface area (Å²) in [5.74, 6) is 0.498. The van der Waals surface area contributed by atoms with E-state index in [4.69, 9.17) is 18.9 Å². The van der Waals surface area contributed by atoms with Crippen LogP contribution in [0.1, 0.15) is 47.5 Å². The summed E-state index contributed by atoms with van der Waals surface area (Å²) in [4.78, 5) is 0. The van der Waals surface area contributed by atoms with E-state index < -0.39 is 67.5 Å². The maximum atomic E-state index is 10.4. The molecule has 3 aliphatic rings. The normalized spacial score (nSPS) is 48.7. The molecule has 11 heteroatoms. The van der Waals surface area contributed by atoms with Gasteiger partial charge in [-0.15, -0.1) is 0 Å². The number of aliphatic hydroxyl groups excluding tert-OH is 7. The highest BCUT2D eigenvalue weighted by molar-refractivity contribution is 5.03. The second-order valence-electron chi connectivity index (χ2n) is 11.3. The molecular weight excluding hydrogens is 476 g/mol. The van der Waals surface area contributed by atoms with Gasteiger partial charge in [0.25, 0.3) is 0 Å². The van der Waals surface area contributed by atoms with Crippen molar-refractivity contribution >= 4 is 0 Å². The van der Waals surface area contributed by atoms with Gasteiger partial charge in [-0.05, 0) is 43.9 Å². The Labute approximate surface area is 212 Å². The van der Waals surface area contributed by atoms with Crippen LogP contribution in [0.4, 0.5) is 0 Å². The van der Waals surface area contributed by atoms with Crippen molar-refractivity contribution in [2.75, 3.05) is 6.61 Å². The third kappa shape index (κ3) is 6.65. The van der Waals surface area contributed by atoms with Gasteiger partial charge in [0.1, 0.15) is 42.7 Å². The Morgan fingerprint density at radius 2 is 1.47 bits per heavy atom. The van der Waals surface area contributed by atoms with E-state index in [1.54, 1.807) is 6.92 Å². The van der Waals surface area contributed by atoms with Crippen LogP contribution in [0.25, 0.3) is 0 Å². The lowest BCUT2D eigenvalue weighted by Crippen LogP contribution is -2.61. The van der Waals surface area contributed by atoms with E-state index in [0.29, 0.717) is 6.42 Å². The summed E-state index contributed by atoms with van der Waals surface area (Å²) in [6, 6.07) is 0. The molecule has 14 atom stereocenters. The lowest BCUT2D eigenvalue weighted by Gasteiger charge is -2.44. The van der Waals surface area contributed by atoms with Gasteiger partial charge in [-0.2, -0.15) is 0 Å². The van der Waals surface area contributed by atoms with Crippen molar-refractivity contribution in [3.63, 3.8) is 0 Å². The fourth-order valence-electron chi connectivity index (χ4n) is 5.66. The molecule has 210 valence electrons. The fourth-order valence-corrected chi connectivity index (χ4v) is 5.66. The lowest BCUT2D eigenvalue weighted by molar-refractivity contribution is -0.330. The largest absolute Gasteiger partial charge is 0.393 e. The molecule has 0 unspecified atom stereocenters. The summed E-state index contributed by atoms with van der Waals surface area (Å²) < 4.78 is 22.4. The number of aliphatic hydroxyl groups is 7. The van der Waals surface area contributed by atoms with Crippen LogP contribution < -0.4 is 0 Å². The standard InChI is InChI=1S/C25H44O11/c1-11-8-14(26)9-25(4,5)15(11)7-6-12(2)34-24-22(32)20(30)18(28)16(36-24)10-33-23-21(31)19(29)17(27)13(3)35-23/h6-7,11-24,26-32H,8-10H2,1-5H3/b7-6+/t11-,12-,13+,14+,15+,16-,17+,18-,19-,20+,21-,22-,23-,24-/m1/s1.